The molecule has 0 saturated heterocycles. The molecule has 0 amide bonds. The maximum absolute atomic E-state index is 5.66. The molecule has 5 N–H and O–H groups in total. The zero-order chi connectivity index (χ0) is 9.94. The van der Waals surface area contributed by atoms with Crippen LogP contribution >= 0.6 is 0 Å². The van der Waals surface area contributed by atoms with Crippen LogP contribution in [0.5, 0.6) is 0 Å². The minimum Gasteiger partial charge on any atom is -0.693 e. The molecule has 0 aliphatic rings. The zero-order valence-electron chi connectivity index (χ0n) is 10.9. The van der Waals surface area contributed by atoms with E-state index in [1.54, 1.807) is 0 Å². The quantitative estimate of drug-likeness (QED) is 0.414. The van der Waals surface area contributed by atoms with Gasteiger partial charge in [-0.2, -0.15) is 0 Å². The van der Waals surface area contributed by atoms with Crippen molar-refractivity contribution in [3.8, 4) is 0 Å². The van der Waals surface area contributed by atoms with E-state index in [1.807, 2.05) is 0 Å². The Labute approximate surface area is 108 Å². The van der Waals surface area contributed by atoms with Crippen molar-refractivity contribution in [1.29, 1.82) is 0 Å². The molecule has 0 aromatic carbocycles. The predicted molar refractivity (Wildman–Crippen MR) is 65.2 cm³/mol. The maximum Gasteiger partial charge on any atom is 1.00 e. The molecule has 3 nitrogen and oxygen atoms in total. The Morgan fingerprint density at radius 3 is 2.20 bits per heavy atom. The molecule has 0 heterocycles. The molecule has 0 aliphatic heterocycles. The second kappa shape index (κ2) is 16.9. The smallest absolute Gasteiger partial charge is 0.693 e. The van der Waals surface area contributed by atoms with Crippen LogP contribution in [-0.2, 0) is 0 Å². The van der Waals surface area contributed by atoms with Crippen molar-refractivity contribution in [2.24, 2.45) is 5.73 Å². The molecule has 0 aromatic rings. The first-order valence-corrected chi connectivity index (χ1v) is 5.73. The molecule has 0 bridgehead atoms. The first-order chi connectivity index (χ1) is 6.27. The fourth-order valence-corrected chi connectivity index (χ4v) is 1.37. The molecule has 1 atom stereocenters. The monoisotopic (exact) mass is 209 g/mol. The van der Waals surface area contributed by atoms with E-state index in [1.165, 1.54) is 51.6 Å². The number of unbranched alkanes of at least 4 members (excludes halogenated alkanes) is 3. The van der Waals surface area contributed by atoms with Crippen LogP contribution in [0.4, 0.5) is 0 Å². The molecule has 0 aliphatic carbocycles. The standard InChI is InChI=1S/C11H26N2.Li.H2N/c1-3-9-13-10-7-5-4-6-8-11(2)12;;/h11,13H,3-10,12H2,1-2H3;;1H2/q;+1;-1. The third-order valence-corrected chi connectivity index (χ3v) is 2.19. The molecule has 15 heavy (non-hydrogen) atoms. The van der Waals surface area contributed by atoms with Gasteiger partial charge in [-0.1, -0.05) is 26.2 Å². The van der Waals surface area contributed by atoms with Crippen LogP contribution in [0.3, 0.4) is 0 Å². The summed E-state index contributed by atoms with van der Waals surface area (Å²) in [5.74, 6) is 0. The predicted octanol–water partition coefficient (Wildman–Crippen LogP) is 0.00480. The summed E-state index contributed by atoms with van der Waals surface area (Å²) in [5.41, 5.74) is 5.66. The largest absolute Gasteiger partial charge is 1.00 e. The SMILES string of the molecule is CCCNCCCCCCC(C)N.[Li+].[NH2-]. The number of nitrogens with two attached hydrogens (primary N) is 2. The van der Waals surface area contributed by atoms with Crippen LogP contribution in [0.2, 0.25) is 0 Å². The number of hydrogen-bond acceptors (Lipinski definition) is 2. The number of hydrogen-bond donors (Lipinski definition) is 2. The van der Waals surface area contributed by atoms with Gasteiger partial charge in [0.05, 0.1) is 0 Å². The normalized spacial score (nSPS) is 11.4. The average Bonchev–Trinajstić information content (AvgIpc) is 2.09. The van der Waals surface area contributed by atoms with E-state index < -0.39 is 0 Å². The Morgan fingerprint density at radius 1 is 1.07 bits per heavy atom. The zero-order valence-corrected chi connectivity index (χ0v) is 10.9. The van der Waals surface area contributed by atoms with Gasteiger partial charge in [0.1, 0.15) is 0 Å². The van der Waals surface area contributed by atoms with Gasteiger partial charge in [0.15, 0.2) is 0 Å². The topological polar surface area (TPSA) is 71.5 Å². The van der Waals surface area contributed by atoms with E-state index in [0.29, 0.717) is 6.04 Å². The van der Waals surface area contributed by atoms with Gasteiger partial charge in [-0.05, 0) is 39.3 Å². The Hall–Kier alpha value is 0.477. The van der Waals surface area contributed by atoms with Gasteiger partial charge >= 0.3 is 18.9 Å². The third kappa shape index (κ3) is 20.5. The molecular formula is C11H28LiN3. The summed E-state index contributed by atoms with van der Waals surface area (Å²) in [6.45, 7) is 6.64. The summed E-state index contributed by atoms with van der Waals surface area (Å²) in [4.78, 5) is 0. The van der Waals surface area contributed by atoms with Crippen LogP contribution in [0.15, 0.2) is 0 Å². The fraction of sp³-hybridized carbons (Fsp3) is 1.00. The maximum atomic E-state index is 5.66. The molecule has 1 unspecified atom stereocenters. The summed E-state index contributed by atoms with van der Waals surface area (Å²) in [6.07, 6.45) is 7.73. The second-order valence-electron chi connectivity index (χ2n) is 3.93. The van der Waals surface area contributed by atoms with E-state index in [2.05, 4.69) is 19.2 Å². The van der Waals surface area contributed by atoms with Crippen molar-refractivity contribution < 1.29 is 18.9 Å². The van der Waals surface area contributed by atoms with Crippen molar-refractivity contribution in [1.82, 2.24) is 5.32 Å². The number of rotatable bonds is 9. The first kappa shape index (κ1) is 20.8. The molecule has 0 rings (SSSR count). The van der Waals surface area contributed by atoms with Gasteiger partial charge < -0.3 is 17.2 Å². The fourth-order valence-electron chi connectivity index (χ4n) is 1.37. The van der Waals surface area contributed by atoms with Crippen molar-refractivity contribution in [2.75, 3.05) is 13.1 Å². The van der Waals surface area contributed by atoms with E-state index in [-0.39, 0.29) is 25.0 Å². The molecule has 0 saturated carbocycles. The van der Waals surface area contributed by atoms with Crippen LogP contribution in [0.25, 0.3) is 6.15 Å². The molecule has 88 valence electrons. The average molecular weight is 209 g/mol. The summed E-state index contributed by atoms with van der Waals surface area (Å²) in [7, 11) is 0. The summed E-state index contributed by atoms with van der Waals surface area (Å²) < 4.78 is 0. The van der Waals surface area contributed by atoms with Crippen molar-refractivity contribution in [2.45, 2.75) is 58.4 Å². The van der Waals surface area contributed by atoms with Gasteiger partial charge in [-0.25, -0.2) is 0 Å². The minimum atomic E-state index is 0. The van der Waals surface area contributed by atoms with E-state index in [4.69, 9.17) is 5.73 Å². The third-order valence-electron chi connectivity index (χ3n) is 2.19. The molecular weight excluding hydrogens is 181 g/mol. The van der Waals surface area contributed by atoms with Crippen LogP contribution < -0.4 is 29.9 Å². The molecule has 0 spiro atoms. The molecule has 4 heteroatoms. The Bertz CT molecular complexity index is 99.8. The van der Waals surface area contributed by atoms with Gasteiger partial charge in [-0.15, -0.1) is 0 Å². The summed E-state index contributed by atoms with van der Waals surface area (Å²) >= 11 is 0. The van der Waals surface area contributed by atoms with E-state index >= 15 is 0 Å². The van der Waals surface area contributed by atoms with Crippen LogP contribution in [0.1, 0.15) is 52.4 Å². The second-order valence-corrected chi connectivity index (χ2v) is 3.93. The van der Waals surface area contributed by atoms with Crippen LogP contribution in [-0.4, -0.2) is 19.1 Å². The summed E-state index contributed by atoms with van der Waals surface area (Å²) in [6, 6.07) is 0.387. The van der Waals surface area contributed by atoms with E-state index in [0.717, 1.165) is 0 Å². The van der Waals surface area contributed by atoms with Gasteiger partial charge in [0, 0.05) is 6.04 Å². The van der Waals surface area contributed by atoms with Gasteiger partial charge in [0.2, 0.25) is 0 Å². The molecule has 0 aromatic heterocycles. The van der Waals surface area contributed by atoms with Crippen molar-refractivity contribution >= 4 is 0 Å². The molecule has 0 fully saturated rings. The molecule has 0 radical (unpaired) electrons. The van der Waals surface area contributed by atoms with Crippen LogP contribution in [0, 0.1) is 0 Å². The van der Waals surface area contributed by atoms with Gasteiger partial charge in [0.25, 0.3) is 0 Å². The van der Waals surface area contributed by atoms with Crippen molar-refractivity contribution in [3.63, 3.8) is 0 Å². The van der Waals surface area contributed by atoms with Gasteiger partial charge in [-0.3, -0.25) is 0 Å². The Balaban J connectivity index is -0.000000720. The number of nitrogens with one attached hydrogen (secondary N) is 1. The Morgan fingerprint density at radius 2 is 1.67 bits per heavy atom. The van der Waals surface area contributed by atoms with Crippen molar-refractivity contribution in [3.05, 3.63) is 6.15 Å². The minimum absolute atomic E-state index is 0. The summed E-state index contributed by atoms with van der Waals surface area (Å²) in [5, 5.41) is 3.41. The first-order valence-electron chi connectivity index (χ1n) is 5.73. The van der Waals surface area contributed by atoms with E-state index in [9.17, 15) is 0 Å². The Kier molecular flexibility index (Phi) is 23.5.